The third-order valence-corrected chi connectivity index (χ3v) is 5.87. The van der Waals surface area contributed by atoms with Gasteiger partial charge in [-0.1, -0.05) is 17.7 Å². The zero-order valence-electron chi connectivity index (χ0n) is 17.8. The molecule has 0 radical (unpaired) electrons. The molecule has 3 aromatic rings. The first-order valence-electron chi connectivity index (χ1n) is 10.1. The van der Waals surface area contributed by atoms with E-state index < -0.39 is 23.4 Å². The Hall–Kier alpha value is -3.57. The van der Waals surface area contributed by atoms with Gasteiger partial charge in [0.2, 0.25) is 0 Å². The lowest BCUT2D eigenvalue weighted by Crippen LogP contribution is -2.32. The Labute approximate surface area is 206 Å². The summed E-state index contributed by atoms with van der Waals surface area (Å²) in [7, 11) is 0. The maximum absolute atomic E-state index is 12.9. The maximum atomic E-state index is 12.9. The van der Waals surface area contributed by atoms with Crippen molar-refractivity contribution in [3.05, 3.63) is 83.0 Å². The number of rotatable bonds is 6. The van der Waals surface area contributed by atoms with Crippen LogP contribution in [0.4, 0.5) is 29.5 Å². The van der Waals surface area contributed by atoms with E-state index in [2.05, 4.69) is 10.3 Å². The molecule has 1 aromatic heterocycles. The summed E-state index contributed by atoms with van der Waals surface area (Å²) < 4.78 is 37.6. The summed E-state index contributed by atoms with van der Waals surface area (Å²) in [5, 5.41) is 3.07. The smallest absolute Gasteiger partial charge is 0.310 e. The van der Waals surface area contributed by atoms with Gasteiger partial charge in [-0.25, -0.2) is 14.7 Å². The zero-order valence-corrected chi connectivity index (χ0v) is 19.3. The minimum Gasteiger partial charge on any atom is -0.310 e. The van der Waals surface area contributed by atoms with Gasteiger partial charge in [0.15, 0.2) is 0 Å². The van der Waals surface area contributed by atoms with Gasteiger partial charge in [-0.15, -0.1) is 0 Å². The molecule has 0 saturated carbocycles. The Kier molecular flexibility index (Phi) is 6.99. The molecule has 0 spiro atoms. The van der Waals surface area contributed by atoms with Crippen molar-refractivity contribution in [1.29, 1.82) is 0 Å². The molecule has 2 aromatic carbocycles. The van der Waals surface area contributed by atoms with Crippen molar-refractivity contribution >= 4 is 52.7 Å². The van der Waals surface area contributed by atoms with Gasteiger partial charge in [-0.2, -0.15) is 13.2 Å². The molecule has 0 aliphatic carbocycles. The molecule has 1 aliphatic heterocycles. The number of nitrogens with one attached hydrogen (secondary N) is 1. The molecule has 0 bridgehead atoms. The zero-order chi connectivity index (χ0) is 25.2. The highest BCUT2D eigenvalue weighted by molar-refractivity contribution is 8.00. The number of nitrogens with zero attached hydrogens (tertiary/aromatic N) is 3. The molecular formula is C23H16ClF3N4O3S. The first kappa shape index (κ1) is 24.6. The number of carbonyl (C=O) groups is 3. The molecule has 12 heteroatoms. The van der Waals surface area contributed by atoms with Crippen LogP contribution in [0, 0.1) is 0 Å². The van der Waals surface area contributed by atoms with Gasteiger partial charge >= 0.3 is 11.5 Å². The van der Waals surface area contributed by atoms with E-state index in [1.165, 1.54) is 41.4 Å². The fourth-order valence-electron chi connectivity index (χ4n) is 3.40. The summed E-state index contributed by atoms with van der Waals surface area (Å²) in [6.07, 6.45) is 1.46. The Balaban J connectivity index is 1.43. The van der Waals surface area contributed by atoms with E-state index in [0.29, 0.717) is 16.1 Å². The third kappa shape index (κ3) is 6.11. The van der Waals surface area contributed by atoms with E-state index >= 15 is 0 Å². The van der Waals surface area contributed by atoms with Crippen LogP contribution < -0.4 is 10.2 Å². The summed E-state index contributed by atoms with van der Waals surface area (Å²) >= 11 is 5.64. The minimum absolute atomic E-state index is 0.0543. The predicted molar refractivity (Wildman–Crippen MR) is 125 cm³/mol. The highest BCUT2D eigenvalue weighted by atomic mass is 35.5. The highest BCUT2D eigenvalue weighted by Crippen LogP contribution is 2.37. The first-order valence-corrected chi connectivity index (χ1v) is 11.3. The van der Waals surface area contributed by atoms with Crippen LogP contribution in [0.1, 0.15) is 15.9 Å². The van der Waals surface area contributed by atoms with Crippen LogP contribution in [0.3, 0.4) is 0 Å². The second-order valence-corrected chi connectivity index (χ2v) is 9.00. The molecule has 4 amide bonds. The number of hydrogen-bond acceptors (Lipinski definition) is 5. The van der Waals surface area contributed by atoms with Crippen LogP contribution in [-0.4, -0.2) is 39.8 Å². The Morgan fingerprint density at radius 1 is 1.09 bits per heavy atom. The Bertz CT molecular complexity index is 1290. The van der Waals surface area contributed by atoms with E-state index in [1.807, 2.05) is 0 Å². The largest absolute Gasteiger partial charge is 0.446 e. The minimum atomic E-state index is -4.44. The number of alkyl halides is 3. The van der Waals surface area contributed by atoms with Crippen molar-refractivity contribution < 1.29 is 27.6 Å². The van der Waals surface area contributed by atoms with Gasteiger partial charge in [-0.05, 0) is 71.9 Å². The van der Waals surface area contributed by atoms with Crippen LogP contribution >= 0.6 is 23.4 Å². The van der Waals surface area contributed by atoms with Crippen molar-refractivity contribution in [3.8, 4) is 0 Å². The van der Waals surface area contributed by atoms with E-state index in [9.17, 15) is 27.6 Å². The van der Waals surface area contributed by atoms with E-state index in [-0.39, 0.29) is 41.3 Å². The lowest BCUT2D eigenvalue weighted by atomic mass is 10.2. The van der Waals surface area contributed by atoms with Gasteiger partial charge in [0.25, 0.3) is 11.8 Å². The van der Waals surface area contributed by atoms with Gasteiger partial charge in [-0.3, -0.25) is 9.59 Å². The van der Waals surface area contributed by atoms with Crippen LogP contribution in [0.25, 0.3) is 0 Å². The molecule has 0 unspecified atom stereocenters. The second-order valence-electron chi connectivity index (χ2n) is 7.42. The maximum Gasteiger partial charge on any atom is 0.446 e. The summed E-state index contributed by atoms with van der Waals surface area (Å²) in [5.74, 6) is -0.669. The topological polar surface area (TPSA) is 82.6 Å². The lowest BCUT2D eigenvalue weighted by Gasteiger charge is -2.18. The van der Waals surface area contributed by atoms with Crippen molar-refractivity contribution in [2.45, 2.75) is 16.9 Å². The van der Waals surface area contributed by atoms with Gasteiger partial charge < -0.3 is 10.2 Å². The Morgan fingerprint density at radius 3 is 2.51 bits per heavy atom. The van der Waals surface area contributed by atoms with Crippen molar-refractivity contribution in [3.63, 3.8) is 0 Å². The molecule has 4 rings (SSSR count). The molecular weight excluding hydrogens is 505 g/mol. The predicted octanol–water partition coefficient (Wildman–Crippen LogP) is 5.57. The number of thioether (sulfide) groups is 1. The van der Waals surface area contributed by atoms with E-state index in [0.717, 1.165) is 4.90 Å². The molecule has 35 heavy (non-hydrogen) atoms. The molecule has 0 atom stereocenters. The van der Waals surface area contributed by atoms with E-state index in [4.69, 9.17) is 11.6 Å². The van der Waals surface area contributed by atoms with Crippen LogP contribution in [0.15, 0.2) is 71.8 Å². The fourth-order valence-corrected chi connectivity index (χ4v) is 4.13. The summed E-state index contributed by atoms with van der Waals surface area (Å²) in [5.41, 5.74) is -3.30. The average Bonchev–Trinajstić information content (AvgIpc) is 3.06. The third-order valence-electron chi connectivity index (χ3n) is 4.89. The highest BCUT2D eigenvalue weighted by Gasteiger charge is 2.37. The van der Waals surface area contributed by atoms with Gasteiger partial charge in [0.1, 0.15) is 12.4 Å². The standard InChI is InChI=1S/C23H16ClF3N4O3S/c24-16-3-1-2-15(11-16)21(33)29-19-10-14(8-9-28-19)12-30-13-20(32)31(22(30)34)17-4-6-18(7-5-17)35-23(25,26)27/h1-11H,12-13H2,(H,28,29,33). The van der Waals surface area contributed by atoms with Crippen molar-refractivity contribution in [2.24, 2.45) is 0 Å². The summed E-state index contributed by atoms with van der Waals surface area (Å²) in [6, 6.07) is 14.0. The molecule has 1 fully saturated rings. The number of imide groups is 1. The van der Waals surface area contributed by atoms with E-state index in [1.54, 1.807) is 30.3 Å². The van der Waals surface area contributed by atoms with Gasteiger partial charge in [0, 0.05) is 28.2 Å². The Morgan fingerprint density at radius 2 is 1.83 bits per heavy atom. The van der Waals surface area contributed by atoms with Crippen LogP contribution in [0.2, 0.25) is 5.02 Å². The van der Waals surface area contributed by atoms with Crippen LogP contribution in [-0.2, 0) is 11.3 Å². The lowest BCUT2D eigenvalue weighted by molar-refractivity contribution is -0.116. The molecule has 7 nitrogen and oxygen atoms in total. The second kappa shape index (κ2) is 9.96. The molecule has 180 valence electrons. The number of amides is 4. The van der Waals surface area contributed by atoms with Crippen LogP contribution in [0.5, 0.6) is 0 Å². The quantitative estimate of drug-likeness (QED) is 0.339. The number of aromatic nitrogens is 1. The number of carbonyl (C=O) groups excluding carboxylic acids is 3. The monoisotopic (exact) mass is 520 g/mol. The number of anilines is 2. The first-order chi connectivity index (χ1) is 16.6. The normalized spacial score (nSPS) is 13.9. The number of benzene rings is 2. The average molecular weight is 521 g/mol. The van der Waals surface area contributed by atoms with Crippen molar-refractivity contribution in [1.82, 2.24) is 9.88 Å². The van der Waals surface area contributed by atoms with Crippen molar-refractivity contribution in [2.75, 3.05) is 16.8 Å². The summed E-state index contributed by atoms with van der Waals surface area (Å²) in [4.78, 5) is 44.0. The number of halogens is 4. The summed E-state index contributed by atoms with van der Waals surface area (Å²) in [6.45, 7) is -0.143. The number of pyridine rings is 1. The fraction of sp³-hybridized carbons (Fsp3) is 0.130. The molecule has 1 N–H and O–H groups in total. The molecule has 1 aliphatic rings. The number of urea groups is 1. The molecule has 1 saturated heterocycles. The number of hydrogen-bond donors (Lipinski definition) is 1. The SMILES string of the molecule is O=C(Nc1cc(CN2CC(=O)N(c3ccc(SC(F)(F)F)cc3)C2=O)ccn1)c1cccc(Cl)c1. The van der Waals surface area contributed by atoms with Gasteiger partial charge in [0.05, 0.1) is 5.69 Å². The molecule has 2 heterocycles.